The van der Waals surface area contributed by atoms with Gasteiger partial charge >= 0.3 is 7.12 Å². The fourth-order valence-corrected chi connectivity index (χ4v) is 3.53. The molecule has 25 heavy (non-hydrogen) atoms. The molecule has 3 rings (SSSR count). The monoisotopic (exact) mass is 358 g/mol. The molecular weight excluding hydrogens is 335 g/mol. The number of aromatic nitrogens is 1. The van der Waals surface area contributed by atoms with Crippen molar-refractivity contribution < 1.29 is 14.0 Å². The maximum atomic E-state index is 8.94. The fraction of sp³-hybridized carbons (Fsp3) is 0.556. The average molecular weight is 358 g/mol. The maximum absolute atomic E-state index is 8.94. The Bertz CT molecular complexity index is 796. The molecule has 2 heterocycles. The molecule has 1 atom stereocenters. The number of nitriles is 1. The highest BCUT2D eigenvalue weighted by Crippen LogP contribution is 2.38. The van der Waals surface area contributed by atoms with Gasteiger partial charge in [0.15, 0.2) is 5.01 Å². The van der Waals surface area contributed by atoms with Crippen LogP contribution < -0.4 is 4.74 Å². The molecule has 1 aliphatic rings. The smallest absolute Gasteiger partial charge is 0.458 e. The first kappa shape index (κ1) is 18.2. The Morgan fingerprint density at radius 1 is 1.28 bits per heavy atom. The second kappa shape index (κ2) is 6.60. The molecule has 0 spiro atoms. The molecule has 0 N–H and O–H groups in total. The Labute approximate surface area is 153 Å². The van der Waals surface area contributed by atoms with Crippen LogP contribution in [-0.4, -0.2) is 29.9 Å². The predicted octanol–water partition coefficient (Wildman–Crippen LogP) is 4.28. The first-order chi connectivity index (χ1) is 11.7. The van der Waals surface area contributed by atoms with Crippen LogP contribution in [0.3, 0.4) is 0 Å². The van der Waals surface area contributed by atoms with Crippen LogP contribution in [0.2, 0.25) is 6.32 Å². The van der Waals surface area contributed by atoms with E-state index in [1.807, 2.05) is 18.2 Å². The minimum Gasteiger partial charge on any atom is -0.493 e. The summed E-state index contributed by atoms with van der Waals surface area (Å²) in [5.74, 6) is 1.09. The highest BCUT2D eigenvalue weighted by Gasteiger charge is 2.51. The number of thiazole rings is 1. The second-order valence-electron chi connectivity index (χ2n) is 7.60. The summed E-state index contributed by atoms with van der Waals surface area (Å²) in [6, 6.07) is 7.80. The van der Waals surface area contributed by atoms with E-state index in [4.69, 9.17) is 19.3 Å². The minimum absolute atomic E-state index is 0.203. The van der Waals surface area contributed by atoms with E-state index in [9.17, 15) is 0 Å². The Hall–Kier alpha value is -1.62. The van der Waals surface area contributed by atoms with Crippen LogP contribution >= 0.6 is 11.3 Å². The highest BCUT2D eigenvalue weighted by atomic mass is 32.1. The minimum atomic E-state index is -0.298. The molecule has 132 valence electrons. The number of fused-ring (bicyclic) bond motifs is 1. The molecule has 2 aromatic rings. The van der Waals surface area contributed by atoms with Crippen LogP contribution in [0.4, 0.5) is 0 Å². The average Bonchev–Trinajstić information content (AvgIpc) is 3.02. The van der Waals surface area contributed by atoms with Gasteiger partial charge < -0.3 is 14.0 Å². The third-order valence-electron chi connectivity index (χ3n) is 4.89. The summed E-state index contributed by atoms with van der Waals surface area (Å²) in [5, 5.41) is 9.41. The van der Waals surface area contributed by atoms with Crippen molar-refractivity contribution in [1.29, 1.82) is 5.26 Å². The van der Waals surface area contributed by atoms with Gasteiger partial charge in [-0.05, 0) is 58.1 Å². The summed E-state index contributed by atoms with van der Waals surface area (Å²) < 4.78 is 19.0. The van der Waals surface area contributed by atoms with Crippen LogP contribution in [0.15, 0.2) is 18.2 Å². The van der Waals surface area contributed by atoms with Crippen LogP contribution in [0.1, 0.15) is 39.6 Å². The van der Waals surface area contributed by atoms with Crippen molar-refractivity contribution in [3.05, 3.63) is 23.2 Å². The number of rotatable bonds is 5. The Kier molecular flexibility index (Phi) is 4.80. The fourth-order valence-electron chi connectivity index (χ4n) is 2.74. The van der Waals surface area contributed by atoms with Gasteiger partial charge in [-0.1, -0.05) is 6.92 Å². The van der Waals surface area contributed by atoms with E-state index >= 15 is 0 Å². The van der Waals surface area contributed by atoms with Gasteiger partial charge in [-0.2, -0.15) is 5.26 Å². The molecule has 5 nitrogen and oxygen atoms in total. The molecule has 0 aliphatic carbocycles. The quantitative estimate of drug-likeness (QED) is 0.747. The van der Waals surface area contributed by atoms with Gasteiger partial charge in [0.05, 0.1) is 28.0 Å². The third-order valence-corrected chi connectivity index (χ3v) is 5.81. The standard InChI is InChI=1S/C18H23BN2O3S/c1-12(9-19-23-17(2,3)18(4,5)24-19)11-22-13-6-7-14-15(8-13)25-16(10-20)21-14/h6-8,12H,9,11H2,1-5H3. The molecule has 1 saturated heterocycles. The summed E-state index contributed by atoms with van der Waals surface area (Å²) in [4.78, 5) is 4.23. The van der Waals surface area contributed by atoms with Gasteiger partial charge in [0, 0.05) is 0 Å². The molecule has 7 heteroatoms. The Morgan fingerprint density at radius 3 is 2.60 bits per heavy atom. The second-order valence-corrected chi connectivity index (χ2v) is 8.63. The van der Waals surface area contributed by atoms with Gasteiger partial charge in [-0.25, -0.2) is 4.98 Å². The largest absolute Gasteiger partial charge is 0.493 e. The molecule has 1 fully saturated rings. The molecule has 1 aliphatic heterocycles. The van der Waals surface area contributed by atoms with Gasteiger partial charge in [0.25, 0.3) is 0 Å². The van der Waals surface area contributed by atoms with Crippen LogP contribution in [0.5, 0.6) is 5.75 Å². The summed E-state index contributed by atoms with van der Waals surface area (Å²) in [5.41, 5.74) is 0.237. The normalized spacial score (nSPS) is 19.8. The molecule has 0 radical (unpaired) electrons. The highest BCUT2D eigenvalue weighted by molar-refractivity contribution is 7.19. The van der Waals surface area contributed by atoms with Crippen molar-refractivity contribution >= 4 is 28.7 Å². The zero-order chi connectivity index (χ0) is 18.2. The van der Waals surface area contributed by atoms with Crippen LogP contribution in [0.25, 0.3) is 10.2 Å². The first-order valence-electron chi connectivity index (χ1n) is 8.49. The van der Waals surface area contributed by atoms with E-state index in [0.717, 1.165) is 22.3 Å². The number of hydrogen-bond acceptors (Lipinski definition) is 6. The van der Waals surface area contributed by atoms with E-state index in [2.05, 4.69) is 45.7 Å². The van der Waals surface area contributed by atoms with E-state index < -0.39 is 0 Å². The van der Waals surface area contributed by atoms with Crippen LogP contribution in [-0.2, 0) is 9.31 Å². The lowest BCUT2D eigenvalue weighted by molar-refractivity contribution is 0.00578. The summed E-state index contributed by atoms with van der Waals surface area (Å²) in [7, 11) is -0.203. The maximum Gasteiger partial charge on any atom is 0.458 e. The Morgan fingerprint density at radius 2 is 1.96 bits per heavy atom. The number of ether oxygens (including phenoxy) is 1. The first-order valence-corrected chi connectivity index (χ1v) is 9.31. The molecule has 0 bridgehead atoms. The van der Waals surface area contributed by atoms with Crippen molar-refractivity contribution in [3.63, 3.8) is 0 Å². The number of hydrogen-bond donors (Lipinski definition) is 0. The van der Waals surface area contributed by atoms with E-state index in [0.29, 0.717) is 17.5 Å². The van der Waals surface area contributed by atoms with E-state index in [-0.39, 0.29) is 18.3 Å². The molecule has 1 aromatic heterocycles. The molecular formula is C18H23BN2O3S. The SMILES string of the molecule is CC(COc1ccc2nc(C#N)sc2c1)CB1OC(C)(C)C(C)(C)O1. The zero-order valence-corrected chi connectivity index (χ0v) is 16.1. The zero-order valence-electron chi connectivity index (χ0n) is 15.3. The van der Waals surface area contributed by atoms with Gasteiger partial charge in [0.2, 0.25) is 0 Å². The lowest BCUT2D eigenvalue weighted by Crippen LogP contribution is -2.41. The van der Waals surface area contributed by atoms with Gasteiger partial charge in [0.1, 0.15) is 11.8 Å². The van der Waals surface area contributed by atoms with E-state index in [1.165, 1.54) is 11.3 Å². The van der Waals surface area contributed by atoms with Crippen molar-refractivity contribution in [2.75, 3.05) is 6.61 Å². The van der Waals surface area contributed by atoms with Gasteiger partial charge in [-0.3, -0.25) is 0 Å². The van der Waals surface area contributed by atoms with Crippen molar-refractivity contribution in [1.82, 2.24) is 4.98 Å². The third kappa shape index (κ3) is 3.81. The predicted molar refractivity (Wildman–Crippen MR) is 99.9 cm³/mol. The summed E-state index contributed by atoms with van der Waals surface area (Å²) in [6.45, 7) is 11.0. The summed E-state index contributed by atoms with van der Waals surface area (Å²) in [6.07, 6.45) is 0.786. The summed E-state index contributed by atoms with van der Waals surface area (Å²) >= 11 is 1.38. The van der Waals surface area contributed by atoms with Crippen molar-refractivity contribution in [2.24, 2.45) is 5.92 Å². The number of benzene rings is 1. The molecule has 1 unspecified atom stereocenters. The number of nitrogens with zero attached hydrogens (tertiary/aromatic N) is 2. The van der Waals surface area contributed by atoms with Crippen molar-refractivity contribution in [2.45, 2.75) is 52.1 Å². The van der Waals surface area contributed by atoms with Crippen LogP contribution in [0, 0.1) is 17.2 Å². The Balaban J connectivity index is 1.56. The lowest BCUT2D eigenvalue weighted by atomic mass is 9.78. The van der Waals surface area contributed by atoms with Gasteiger partial charge in [-0.15, -0.1) is 11.3 Å². The lowest BCUT2D eigenvalue weighted by Gasteiger charge is -2.32. The van der Waals surface area contributed by atoms with E-state index in [1.54, 1.807) is 0 Å². The topological polar surface area (TPSA) is 64.4 Å². The molecule has 0 amide bonds. The van der Waals surface area contributed by atoms with Crippen molar-refractivity contribution in [3.8, 4) is 11.8 Å². The molecule has 0 saturated carbocycles. The molecule has 1 aromatic carbocycles.